The van der Waals surface area contributed by atoms with E-state index in [1.165, 1.54) is 49.8 Å². The summed E-state index contributed by atoms with van der Waals surface area (Å²) in [5, 5.41) is 8.85. The highest BCUT2D eigenvalue weighted by atomic mass is 16.4. The topological polar surface area (TPSA) is 105 Å². The number of rotatable bonds is 6. The third-order valence-corrected chi connectivity index (χ3v) is 6.07. The third kappa shape index (κ3) is 6.03. The van der Waals surface area contributed by atoms with E-state index in [4.69, 9.17) is 5.11 Å². The number of carbonyl (C=O) groups is 1. The molecule has 2 heterocycles. The van der Waals surface area contributed by atoms with Crippen LogP contribution in [0.15, 0.2) is 15.7 Å². The average molecular weight is 416 g/mol. The molecule has 3 rings (SSSR count). The van der Waals surface area contributed by atoms with Crippen molar-refractivity contribution in [1.82, 2.24) is 14.5 Å². The van der Waals surface area contributed by atoms with Gasteiger partial charge in [-0.05, 0) is 50.2 Å². The third-order valence-electron chi connectivity index (χ3n) is 6.07. The second kappa shape index (κ2) is 11.1. The van der Waals surface area contributed by atoms with Crippen molar-refractivity contribution in [3.05, 3.63) is 38.2 Å². The summed E-state index contributed by atoms with van der Waals surface area (Å²) in [6, 6.07) is 1.95. The molecule has 0 aromatic rings. The lowest BCUT2D eigenvalue weighted by Crippen LogP contribution is -2.29. The number of fused-ring (bicyclic) bond motifs is 2. The van der Waals surface area contributed by atoms with Gasteiger partial charge in [-0.1, -0.05) is 44.9 Å². The van der Waals surface area contributed by atoms with E-state index in [1.807, 2.05) is 6.07 Å². The molecule has 2 aliphatic heterocycles. The first-order valence-electron chi connectivity index (χ1n) is 11.4. The number of hydrogen-bond acceptors (Lipinski definition) is 4. The molecular formula is C23H33N3O4. The Morgan fingerprint density at radius 2 is 1.63 bits per heavy atom. The normalized spacial score (nSPS) is 15.9. The predicted octanol–water partition coefficient (Wildman–Crippen LogP) is 3.90. The van der Waals surface area contributed by atoms with Crippen LogP contribution in [0.1, 0.15) is 88.3 Å². The minimum atomic E-state index is -0.776. The number of pyridine rings is 1. The Morgan fingerprint density at radius 3 is 2.33 bits per heavy atom. The molecule has 7 heteroatoms. The maximum atomic E-state index is 12.5. The Hall–Kier alpha value is -2.44. The van der Waals surface area contributed by atoms with Gasteiger partial charge in [-0.25, -0.2) is 4.79 Å². The van der Waals surface area contributed by atoms with Gasteiger partial charge in [0.2, 0.25) is 0 Å². The number of aryl methyl sites for hydroxylation is 1. The van der Waals surface area contributed by atoms with Gasteiger partial charge in [0.25, 0.3) is 5.56 Å². The molecule has 0 saturated carbocycles. The van der Waals surface area contributed by atoms with Crippen LogP contribution in [-0.4, -0.2) is 25.6 Å². The van der Waals surface area contributed by atoms with E-state index < -0.39 is 11.7 Å². The number of carboxylic acid groups (broad SMARTS) is 1. The zero-order valence-corrected chi connectivity index (χ0v) is 17.8. The smallest absolute Gasteiger partial charge is 0.349 e. The Kier molecular flexibility index (Phi) is 8.22. The molecule has 0 aromatic heterocycles. The second-order valence-corrected chi connectivity index (χ2v) is 8.41. The summed E-state index contributed by atoms with van der Waals surface area (Å²) in [7, 11) is 0. The number of hydrogen-bond donors (Lipinski definition) is 2. The van der Waals surface area contributed by atoms with E-state index in [1.54, 1.807) is 0 Å². The fourth-order valence-electron chi connectivity index (χ4n) is 4.49. The van der Waals surface area contributed by atoms with Crippen molar-refractivity contribution in [2.75, 3.05) is 0 Å². The quantitative estimate of drug-likeness (QED) is 0.696. The van der Waals surface area contributed by atoms with E-state index in [9.17, 15) is 14.4 Å². The summed E-state index contributed by atoms with van der Waals surface area (Å²) in [5.74, 6) is -0.311. The maximum absolute atomic E-state index is 12.5. The number of aliphatic carboxylic acids is 1. The number of unbranched alkanes of at least 4 members (excludes halogenated alkanes) is 2. The molecule has 0 aromatic carbocycles. The highest BCUT2D eigenvalue weighted by Crippen LogP contribution is 2.26. The summed E-state index contributed by atoms with van der Waals surface area (Å²) in [5.41, 5.74) is 1.88. The number of nitrogens with zero attached hydrogens (tertiary/aromatic N) is 2. The lowest BCUT2D eigenvalue weighted by molar-refractivity contribution is -0.137. The predicted molar refractivity (Wildman–Crippen MR) is 116 cm³/mol. The van der Waals surface area contributed by atoms with Crippen LogP contribution < -0.4 is 11.2 Å². The number of carboxylic acids is 1. The van der Waals surface area contributed by atoms with Gasteiger partial charge in [0.15, 0.2) is 5.82 Å². The molecule has 0 bridgehead atoms. The van der Waals surface area contributed by atoms with Crippen molar-refractivity contribution < 1.29 is 9.90 Å². The van der Waals surface area contributed by atoms with Crippen LogP contribution in [0.25, 0.3) is 11.4 Å². The fourth-order valence-corrected chi connectivity index (χ4v) is 4.49. The number of nitrogens with one attached hydrogen (secondary N) is 1. The Balaban J connectivity index is 1.95. The van der Waals surface area contributed by atoms with E-state index in [0.29, 0.717) is 24.4 Å². The molecule has 0 unspecified atom stereocenters. The van der Waals surface area contributed by atoms with Crippen molar-refractivity contribution in [3.63, 3.8) is 0 Å². The zero-order chi connectivity index (χ0) is 21.3. The molecule has 1 aliphatic carbocycles. The molecule has 30 heavy (non-hydrogen) atoms. The van der Waals surface area contributed by atoms with Crippen LogP contribution >= 0.6 is 0 Å². The van der Waals surface area contributed by atoms with Crippen LogP contribution in [-0.2, 0) is 24.2 Å². The Labute approximate surface area is 176 Å². The molecule has 0 spiro atoms. The first kappa shape index (κ1) is 22.2. The highest BCUT2D eigenvalue weighted by molar-refractivity contribution is 5.66. The molecule has 7 nitrogen and oxygen atoms in total. The van der Waals surface area contributed by atoms with Crippen molar-refractivity contribution >= 4 is 5.97 Å². The minimum absolute atomic E-state index is 0.168. The maximum Gasteiger partial charge on any atom is 0.349 e. The molecule has 3 aliphatic rings. The summed E-state index contributed by atoms with van der Waals surface area (Å²) < 4.78 is 2.08. The lowest BCUT2D eigenvalue weighted by Gasteiger charge is -2.23. The Morgan fingerprint density at radius 1 is 0.967 bits per heavy atom. The fraction of sp³-hybridized carbons (Fsp3) is 0.652. The van der Waals surface area contributed by atoms with Crippen LogP contribution in [0.2, 0.25) is 0 Å². The van der Waals surface area contributed by atoms with Crippen LogP contribution in [0.4, 0.5) is 0 Å². The monoisotopic (exact) mass is 415 g/mol. The van der Waals surface area contributed by atoms with E-state index in [2.05, 4.69) is 14.5 Å². The number of H-pyrrole nitrogens is 1. The van der Waals surface area contributed by atoms with Gasteiger partial charge in [-0.2, -0.15) is 4.98 Å². The summed E-state index contributed by atoms with van der Waals surface area (Å²) in [6.07, 6.45) is 13.9. The summed E-state index contributed by atoms with van der Waals surface area (Å²) >= 11 is 0. The van der Waals surface area contributed by atoms with Crippen molar-refractivity contribution in [2.45, 2.75) is 96.4 Å². The van der Waals surface area contributed by atoms with Crippen molar-refractivity contribution in [1.29, 1.82) is 0 Å². The second-order valence-electron chi connectivity index (χ2n) is 8.41. The molecule has 0 amide bonds. The van der Waals surface area contributed by atoms with Gasteiger partial charge in [-0.3, -0.25) is 14.6 Å². The lowest BCUT2D eigenvalue weighted by atomic mass is 9.96. The standard InChI is InChI=1S/C23H33N3O4/c27-20(28)14-10-7-11-15-26-19-13-9-6-4-2-1-3-5-8-12-17(19)16-18-21(26)24-23(30)25-22(18)29/h16H,1-15H2,(H,27,28)(H,25,29,30). The van der Waals surface area contributed by atoms with Gasteiger partial charge < -0.3 is 9.67 Å². The SMILES string of the molecule is O=C(O)CCCCCn1c2nc(=O)[nH]c(=O)c-2cc2c1CCCCCCCCCC2. The van der Waals surface area contributed by atoms with Gasteiger partial charge in [0, 0.05) is 18.7 Å². The van der Waals surface area contributed by atoms with Gasteiger partial charge in [0.05, 0.1) is 5.56 Å². The van der Waals surface area contributed by atoms with Gasteiger partial charge in [0.1, 0.15) is 0 Å². The van der Waals surface area contributed by atoms with Crippen molar-refractivity contribution in [3.8, 4) is 11.4 Å². The summed E-state index contributed by atoms with van der Waals surface area (Å²) in [6.45, 7) is 0.648. The van der Waals surface area contributed by atoms with E-state index in [-0.39, 0.29) is 12.0 Å². The molecule has 164 valence electrons. The van der Waals surface area contributed by atoms with Crippen LogP contribution in [0, 0.1) is 0 Å². The first-order chi connectivity index (χ1) is 14.6. The molecule has 2 N–H and O–H groups in total. The van der Waals surface area contributed by atoms with E-state index in [0.717, 1.165) is 38.5 Å². The molecule has 0 radical (unpaired) electrons. The zero-order valence-electron chi connectivity index (χ0n) is 17.8. The molecule has 0 saturated heterocycles. The van der Waals surface area contributed by atoms with Gasteiger partial charge in [-0.15, -0.1) is 0 Å². The highest BCUT2D eigenvalue weighted by Gasteiger charge is 2.20. The van der Waals surface area contributed by atoms with E-state index >= 15 is 0 Å². The van der Waals surface area contributed by atoms with Crippen LogP contribution in [0.5, 0.6) is 0 Å². The van der Waals surface area contributed by atoms with Crippen molar-refractivity contribution in [2.24, 2.45) is 0 Å². The minimum Gasteiger partial charge on any atom is -0.481 e. The Bertz CT molecular complexity index is 931. The van der Waals surface area contributed by atoms with Crippen LogP contribution in [0.3, 0.4) is 0 Å². The summed E-state index contributed by atoms with van der Waals surface area (Å²) in [4.78, 5) is 41.7. The largest absolute Gasteiger partial charge is 0.481 e. The van der Waals surface area contributed by atoms with Gasteiger partial charge >= 0.3 is 11.7 Å². The molecular weight excluding hydrogens is 382 g/mol. The number of aromatic amines is 1. The molecule has 0 atom stereocenters. The average Bonchev–Trinajstić information content (AvgIpc) is 2.68. The first-order valence-corrected chi connectivity index (χ1v) is 11.4. The molecule has 0 fully saturated rings. The number of aromatic nitrogens is 3.